The molecule has 0 saturated heterocycles. The van der Waals surface area contributed by atoms with Crippen molar-refractivity contribution in [1.82, 2.24) is 5.32 Å². The molecular formula is C19H26N2O. The molecule has 0 bridgehead atoms. The van der Waals surface area contributed by atoms with Gasteiger partial charge in [0.1, 0.15) is 5.75 Å². The lowest BCUT2D eigenvalue weighted by Gasteiger charge is -2.09. The van der Waals surface area contributed by atoms with E-state index in [1.165, 1.54) is 5.56 Å². The van der Waals surface area contributed by atoms with Gasteiger partial charge in [0, 0.05) is 25.3 Å². The van der Waals surface area contributed by atoms with E-state index in [9.17, 15) is 0 Å². The fraction of sp³-hybridized carbons (Fsp3) is 0.368. The first-order chi connectivity index (χ1) is 10.9. The van der Waals surface area contributed by atoms with E-state index in [0.29, 0.717) is 0 Å². The van der Waals surface area contributed by atoms with Crippen LogP contribution in [-0.2, 0) is 6.54 Å². The summed E-state index contributed by atoms with van der Waals surface area (Å²) in [6.07, 6.45) is 2.27. The Kier molecular flexibility index (Phi) is 7.33. The Bertz CT molecular complexity index is 511. The molecule has 0 aliphatic carbocycles. The largest absolute Gasteiger partial charge is 0.494 e. The van der Waals surface area contributed by atoms with Gasteiger partial charge in [0.2, 0.25) is 0 Å². The Morgan fingerprint density at radius 3 is 2.41 bits per heavy atom. The van der Waals surface area contributed by atoms with Crippen molar-refractivity contribution in [3.8, 4) is 5.75 Å². The summed E-state index contributed by atoms with van der Waals surface area (Å²) in [6.45, 7) is 5.72. The maximum atomic E-state index is 5.65. The summed E-state index contributed by atoms with van der Waals surface area (Å²) in [5.74, 6) is 0.946. The molecule has 0 aliphatic heterocycles. The Balaban J connectivity index is 1.60. The van der Waals surface area contributed by atoms with Crippen LogP contribution in [0.25, 0.3) is 0 Å². The fourth-order valence-electron chi connectivity index (χ4n) is 2.13. The van der Waals surface area contributed by atoms with E-state index < -0.39 is 0 Å². The number of hydrogen-bond donors (Lipinski definition) is 2. The molecule has 3 heteroatoms. The first kappa shape index (κ1) is 16.4. The van der Waals surface area contributed by atoms with E-state index in [0.717, 1.165) is 50.5 Å². The highest BCUT2D eigenvalue weighted by molar-refractivity contribution is 5.46. The summed E-state index contributed by atoms with van der Waals surface area (Å²) in [7, 11) is 0. The smallest absolute Gasteiger partial charge is 0.119 e. The lowest BCUT2D eigenvalue weighted by Crippen LogP contribution is -2.21. The molecule has 22 heavy (non-hydrogen) atoms. The van der Waals surface area contributed by atoms with Gasteiger partial charge in [-0.2, -0.15) is 0 Å². The third-order valence-electron chi connectivity index (χ3n) is 3.42. The van der Waals surface area contributed by atoms with Crippen LogP contribution in [0.1, 0.15) is 25.3 Å². The summed E-state index contributed by atoms with van der Waals surface area (Å²) in [6, 6.07) is 18.6. The normalized spacial score (nSPS) is 10.4. The quantitative estimate of drug-likeness (QED) is 0.649. The summed E-state index contributed by atoms with van der Waals surface area (Å²) in [5.41, 5.74) is 2.44. The molecule has 0 aromatic heterocycles. The van der Waals surface area contributed by atoms with Crippen molar-refractivity contribution < 1.29 is 4.74 Å². The van der Waals surface area contributed by atoms with Gasteiger partial charge < -0.3 is 15.4 Å². The molecule has 0 saturated carbocycles. The highest BCUT2D eigenvalue weighted by Gasteiger charge is 1.95. The van der Waals surface area contributed by atoms with E-state index in [1.807, 2.05) is 18.2 Å². The zero-order valence-electron chi connectivity index (χ0n) is 13.3. The molecule has 2 aromatic rings. The number of unbranched alkanes of at least 4 members (excludes halogenated alkanes) is 1. The van der Waals surface area contributed by atoms with Crippen molar-refractivity contribution in [3.05, 3.63) is 60.2 Å². The van der Waals surface area contributed by atoms with E-state index in [1.54, 1.807) is 0 Å². The van der Waals surface area contributed by atoms with Gasteiger partial charge in [0.15, 0.2) is 0 Å². The zero-order valence-corrected chi connectivity index (χ0v) is 13.3. The van der Waals surface area contributed by atoms with Crippen molar-refractivity contribution in [2.24, 2.45) is 0 Å². The molecule has 3 nitrogen and oxygen atoms in total. The fourth-order valence-corrected chi connectivity index (χ4v) is 2.13. The van der Waals surface area contributed by atoms with E-state index >= 15 is 0 Å². The van der Waals surface area contributed by atoms with E-state index in [-0.39, 0.29) is 0 Å². The first-order valence-electron chi connectivity index (χ1n) is 8.10. The summed E-state index contributed by atoms with van der Waals surface area (Å²) >= 11 is 0. The van der Waals surface area contributed by atoms with Gasteiger partial charge in [0.05, 0.1) is 6.61 Å². The maximum Gasteiger partial charge on any atom is 0.119 e. The van der Waals surface area contributed by atoms with Crippen molar-refractivity contribution >= 4 is 5.69 Å². The third-order valence-corrected chi connectivity index (χ3v) is 3.42. The number of ether oxygens (including phenoxy) is 1. The van der Waals surface area contributed by atoms with Crippen LogP contribution in [0.5, 0.6) is 5.75 Å². The average Bonchev–Trinajstić information content (AvgIpc) is 2.57. The van der Waals surface area contributed by atoms with Gasteiger partial charge in [-0.15, -0.1) is 0 Å². The Morgan fingerprint density at radius 1 is 0.909 bits per heavy atom. The van der Waals surface area contributed by atoms with Crippen LogP contribution in [0.15, 0.2) is 54.6 Å². The molecule has 2 N–H and O–H groups in total. The number of anilines is 1. The molecule has 2 rings (SSSR count). The van der Waals surface area contributed by atoms with Gasteiger partial charge in [-0.05, 0) is 36.2 Å². The van der Waals surface area contributed by atoms with Crippen LogP contribution in [0.2, 0.25) is 0 Å². The maximum absolute atomic E-state index is 5.65. The molecule has 2 aromatic carbocycles. The molecule has 0 fully saturated rings. The predicted molar refractivity (Wildman–Crippen MR) is 93.5 cm³/mol. The van der Waals surface area contributed by atoms with Gasteiger partial charge in [-0.3, -0.25) is 0 Å². The number of hydrogen-bond acceptors (Lipinski definition) is 3. The van der Waals surface area contributed by atoms with E-state index in [4.69, 9.17) is 4.74 Å². The SMILES string of the molecule is CCCCOc1ccc(NCCNCc2ccccc2)cc1. The minimum Gasteiger partial charge on any atom is -0.494 e. The van der Waals surface area contributed by atoms with Crippen LogP contribution in [0.3, 0.4) is 0 Å². The van der Waals surface area contributed by atoms with Crippen molar-refractivity contribution in [2.45, 2.75) is 26.3 Å². The molecule has 0 unspecified atom stereocenters. The number of rotatable bonds is 10. The third kappa shape index (κ3) is 6.19. The minimum atomic E-state index is 0.798. The second kappa shape index (κ2) is 9.85. The topological polar surface area (TPSA) is 33.3 Å². The monoisotopic (exact) mass is 298 g/mol. The van der Waals surface area contributed by atoms with Crippen LogP contribution >= 0.6 is 0 Å². The van der Waals surface area contributed by atoms with Gasteiger partial charge in [0.25, 0.3) is 0 Å². The lowest BCUT2D eigenvalue weighted by atomic mass is 10.2. The van der Waals surface area contributed by atoms with Gasteiger partial charge in [-0.1, -0.05) is 43.7 Å². The van der Waals surface area contributed by atoms with Gasteiger partial charge >= 0.3 is 0 Å². The minimum absolute atomic E-state index is 0.798. The second-order valence-corrected chi connectivity index (χ2v) is 5.32. The second-order valence-electron chi connectivity index (χ2n) is 5.32. The first-order valence-corrected chi connectivity index (χ1v) is 8.10. The average molecular weight is 298 g/mol. The number of benzene rings is 2. The van der Waals surface area contributed by atoms with Crippen molar-refractivity contribution in [1.29, 1.82) is 0 Å². The molecule has 0 aliphatic rings. The van der Waals surface area contributed by atoms with Crippen LogP contribution in [0, 0.1) is 0 Å². The highest BCUT2D eigenvalue weighted by Crippen LogP contribution is 2.15. The highest BCUT2D eigenvalue weighted by atomic mass is 16.5. The molecule has 0 heterocycles. The summed E-state index contributed by atoms with van der Waals surface area (Å²) in [5, 5.41) is 6.84. The Morgan fingerprint density at radius 2 is 1.68 bits per heavy atom. The summed E-state index contributed by atoms with van der Waals surface area (Å²) < 4.78 is 5.65. The Hall–Kier alpha value is -2.00. The van der Waals surface area contributed by atoms with Crippen molar-refractivity contribution in [2.75, 3.05) is 25.0 Å². The van der Waals surface area contributed by atoms with Gasteiger partial charge in [-0.25, -0.2) is 0 Å². The molecular weight excluding hydrogens is 272 g/mol. The molecule has 0 atom stereocenters. The number of nitrogens with one attached hydrogen (secondary N) is 2. The van der Waals surface area contributed by atoms with Crippen molar-refractivity contribution in [3.63, 3.8) is 0 Å². The lowest BCUT2D eigenvalue weighted by molar-refractivity contribution is 0.309. The van der Waals surface area contributed by atoms with Crippen LogP contribution in [0.4, 0.5) is 5.69 Å². The Labute approximate surface area is 133 Å². The predicted octanol–water partition coefficient (Wildman–Crippen LogP) is 4.07. The summed E-state index contributed by atoms with van der Waals surface area (Å²) in [4.78, 5) is 0. The molecule has 0 amide bonds. The van der Waals surface area contributed by atoms with E-state index in [2.05, 4.69) is 54.0 Å². The van der Waals surface area contributed by atoms with Crippen LogP contribution in [-0.4, -0.2) is 19.7 Å². The molecule has 0 spiro atoms. The molecule has 0 radical (unpaired) electrons. The molecule has 118 valence electrons. The zero-order chi connectivity index (χ0) is 15.5. The standard InChI is InChI=1S/C19H26N2O/c1-2-3-15-22-19-11-9-18(10-12-19)21-14-13-20-16-17-7-5-4-6-8-17/h4-12,20-21H,2-3,13-16H2,1H3. The van der Waals surface area contributed by atoms with Crippen LogP contribution < -0.4 is 15.4 Å².